The number of hydrogen-bond acceptors (Lipinski definition) is 6. The van der Waals surface area contributed by atoms with Crippen molar-refractivity contribution < 1.29 is 14.3 Å². The number of aromatic nitrogens is 2. The van der Waals surface area contributed by atoms with Gasteiger partial charge in [0.1, 0.15) is 16.9 Å². The third kappa shape index (κ3) is 3.62. The van der Waals surface area contributed by atoms with Crippen LogP contribution in [-0.4, -0.2) is 28.6 Å². The molecule has 1 N–H and O–H groups in total. The Morgan fingerprint density at radius 3 is 2.77 bits per heavy atom. The molecule has 26 heavy (non-hydrogen) atoms. The van der Waals surface area contributed by atoms with Gasteiger partial charge >= 0.3 is 0 Å². The molecule has 0 aliphatic heterocycles. The van der Waals surface area contributed by atoms with Crippen LogP contribution in [0.15, 0.2) is 30.6 Å². The number of rotatable bonds is 6. The van der Waals surface area contributed by atoms with Crippen molar-refractivity contribution in [2.45, 2.75) is 33.8 Å². The number of ether oxygens (including phenoxy) is 2. The molecule has 0 unspecified atom stereocenters. The van der Waals surface area contributed by atoms with Gasteiger partial charge in [0.05, 0.1) is 28.7 Å². The first-order chi connectivity index (χ1) is 12.5. The molecule has 0 aliphatic carbocycles. The second kappa shape index (κ2) is 7.70. The standard InChI is InChI=1S/C19H21N3O3S/c1-5-24-18-15-12(4)16(26-19(15)21-10-20-18)17(23)22-13-8-6-7-9-14(13)25-11(2)3/h6-11H,5H2,1-4H3,(H,22,23). The van der Waals surface area contributed by atoms with Gasteiger partial charge in [0.25, 0.3) is 5.91 Å². The zero-order valence-electron chi connectivity index (χ0n) is 15.2. The topological polar surface area (TPSA) is 73.3 Å². The van der Waals surface area contributed by atoms with Crippen LogP contribution in [0.2, 0.25) is 0 Å². The Hall–Kier alpha value is -2.67. The summed E-state index contributed by atoms with van der Waals surface area (Å²) >= 11 is 1.33. The number of amides is 1. The van der Waals surface area contributed by atoms with Crippen LogP contribution < -0.4 is 14.8 Å². The van der Waals surface area contributed by atoms with Crippen LogP contribution in [0, 0.1) is 6.92 Å². The Labute approximate surface area is 156 Å². The zero-order chi connectivity index (χ0) is 18.7. The van der Waals surface area contributed by atoms with Crippen LogP contribution in [-0.2, 0) is 0 Å². The number of nitrogens with one attached hydrogen (secondary N) is 1. The molecule has 0 spiro atoms. The van der Waals surface area contributed by atoms with E-state index in [9.17, 15) is 4.79 Å². The third-order valence-electron chi connectivity index (χ3n) is 3.68. The number of anilines is 1. The van der Waals surface area contributed by atoms with Crippen molar-refractivity contribution in [2.75, 3.05) is 11.9 Å². The van der Waals surface area contributed by atoms with Gasteiger partial charge in [-0.1, -0.05) is 12.1 Å². The van der Waals surface area contributed by atoms with Crippen molar-refractivity contribution in [2.24, 2.45) is 0 Å². The lowest BCUT2D eigenvalue weighted by atomic mass is 10.2. The van der Waals surface area contributed by atoms with Crippen molar-refractivity contribution in [1.29, 1.82) is 0 Å². The minimum absolute atomic E-state index is 0.0168. The normalized spacial score (nSPS) is 11.0. The Kier molecular flexibility index (Phi) is 5.37. The minimum atomic E-state index is -0.201. The number of hydrogen-bond donors (Lipinski definition) is 1. The van der Waals surface area contributed by atoms with E-state index in [1.807, 2.05) is 52.0 Å². The third-order valence-corrected chi connectivity index (χ3v) is 4.88. The average molecular weight is 371 g/mol. The number of nitrogens with zero attached hydrogens (tertiary/aromatic N) is 2. The molecule has 2 heterocycles. The molecule has 3 rings (SSSR count). The fourth-order valence-corrected chi connectivity index (χ4v) is 3.64. The molecule has 0 aliphatic rings. The molecule has 0 saturated carbocycles. The van der Waals surface area contributed by atoms with Gasteiger partial charge in [-0.3, -0.25) is 4.79 Å². The SMILES string of the molecule is CCOc1ncnc2sc(C(=O)Nc3ccccc3OC(C)C)c(C)c12. The fraction of sp³-hybridized carbons (Fsp3) is 0.316. The van der Waals surface area contributed by atoms with E-state index in [1.54, 1.807) is 0 Å². The fourth-order valence-electron chi connectivity index (χ4n) is 2.61. The number of thiophene rings is 1. The number of para-hydroxylation sites is 2. The minimum Gasteiger partial charge on any atom is -0.489 e. The van der Waals surface area contributed by atoms with Gasteiger partial charge in [-0.2, -0.15) is 0 Å². The summed E-state index contributed by atoms with van der Waals surface area (Å²) in [5.74, 6) is 0.950. The van der Waals surface area contributed by atoms with Crippen molar-refractivity contribution in [3.05, 3.63) is 41.0 Å². The number of carbonyl (C=O) groups excluding carboxylic acids is 1. The summed E-state index contributed by atoms with van der Waals surface area (Å²) in [6.45, 7) is 8.18. The van der Waals surface area contributed by atoms with Crippen LogP contribution >= 0.6 is 11.3 Å². The Morgan fingerprint density at radius 2 is 2.04 bits per heavy atom. The molecule has 1 aromatic carbocycles. The summed E-state index contributed by atoms with van der Waals surface area (Å²) in [7, 11) is 0. The summed E-state index contributed by atoms with van der Waals surface area (Å²) in [4.78, 5) is 22.6. The molecule has 7 heteroatoms. The van der Waals surface area contributed by atoms with E-state index in [0.29, 0.717) is 28.8 Å². The molecule has 3 aromatic rings. The van der Waals surface area contributed by atoms with E-state index in [1.165, 1.54) is 17.7 Å². The van der Waals surface area contributed by atoms with E-state index < -0.39 is 0 Å². The lowest BCUT2D eigenvalue weighted by Gasteiger charge is -2.14. The predicted octanol–water partition coefficient (Wildman–Crippen LogP) is 4.44. The van der Waals surface area contributed by atoms with Gasteiger partial charge in [0, 0.05) is 0 Å². The second-order valence-corrected chi connectivity index (χ2v) is 6.96. The van der Waals surface area contributed by atoms with Crippen molar-refractivity contribution in [3.63, 3.8) is 0 Å². The Morgan fingerprint density at radius 1 is 1.27 bits per heavy atom. The van der Waals surface area contributed by atoms with Crippen LogP contribution in [0.25, 0.3) is 10.2 Å². The average Bonchev–Trinajstić information content (AvgIpc) is 2.94. The molecule has 0 atom stereocenters. The molecular weight excluding hydrogens is 350 g/mol. The second-order valence-electron chi connectivity index (χ2n) is 5.97. The molecule has 0 saturated heterocycles. The van der Waals surface area contributed by atoms with E-state index in [-0.39, 0.29) is 12.0 Å². The van der Waals surface area contributed by atoms with Crippen LogP contribution in [0.5, 0.6) is 11.6 Å². The first-order valence-electron chi connectivity index (χ1n) is 8.45. The summed E-state index contributed by atoms with van der Waals surface area (Å²) in [6, 6.07) is 7.40. The smallest absolute Gasteiger partial charge is 0.266 e. The Balaban J connectivity index is 1.94. The summed E-state index contributed by atoms with van der Waals surface area (Å²) in [5.41, 5.74) is 1.45. The van der Waals surface area contributed by atoms with Gasteiger partial charge in [-0.15, -0.1) is 11.3 Å². The quantitative estimate of drug-likeness (QED) is 0.693. The highest BCUT2D eigenvalue weighted by molar-refractivity contribution is 7.20. The summed E-state index contributed by atoms with van der Waals surface area (Å²) in [5, 5.41) is 3.73. The molecule has 136 valence electrons. The van der Waals surface area contributed by atoms with Crippen LogP contribution in [0.4, 0.5) is 5.69 Å². The van der Waals surface area contributed by atoms with Gasteiger partial charge in [0.2, 0.25) is 5.88 Å². The maximum Gasteiger partial charge on any atom is 0.266 e. The number of benzene rings is 1. The number of fused-ring (bicyclic) bond motifs is 1. The van der Waals surface area contributed by atoms with E-state index >= 15 is 0 Å². The van der Waals surface area contributed by atoms with Gasteiger partial charge in [-0.05, 0) is 45.4 Å². The van der Waals surface area contributed by atoms with Gasteiger partial charge in [0.15, 0.2) is 0 Å². The molecule has 0 radical (unpaired) electrons. The Bertz CT molecular complexity index is 937. The van der Waals surface area contributed by atoms with Crippen molar-refractivity contribution >= 4 is 33.1 Å². The first kappa shape index (κ1) is 18.1. The zero-order valence-corrected chi connectivity index (χ0v) is 16.0. The first-order valence-corrected chi connectivity index (χ1v) is 9.26. The molecule has 2 aromatic heterocycles. The van der Waals surface area contributed by atoms with E-state index in [2.05, 4.69) is 15.3 Å². The molecule has 0 fully saturated rings. The number of carbonyl (C=O) groups is 1. The predicted molar refractivity (Wildman–Crippen MR) is 103 cm³/mol. The van der Waals surface area contributed by atoms with Crippen LogP contribution in [0.3, 0.4) is 0 Å². The molecule has 6 nitrogen and oxygen atoms in total. The summed E-state index contributed by atoms with van der Waals surface area (Å²) < 4.78 is 11.3. The highest BCUT2D eigenvalue weighted by atomic mass is 32.1. The molecular formula is C19H21N3O3S. The van der Waals surface area contributed by atoms with E-state index in [4.69, 9.17) is 9.47 Å². The van der Waals surface area contributed by atoms with Crippen molar-refractivity contribution in [1.82, 2.24) is 9.97 Å². The highest BCUT2D eigenvalue weighted by Gasteiger charge is 2.21. The maximum atomic E-state index is 12.9. The summed E-state index contributed by atoms with van der Waals surface area (Å²) in [6.07, 6.45) is 1.47. The molecule has 1 amide bonds. The van der Waals surface area contributed by atoms with Crippen LogP contribution in [0.1, 0.15) is 36.0 Å². The highest BCUT2D eigenvalue weighted by Crippen LogP contribution is 2.35. The molecule has 0 bridgehead atoms. The largest absolute Gasteiger partial charge is 0.489 e. The number of aryl methyl sites for hydroxylation is 1. The monoisotopic (exact) mass is 371 g/mol. The van der Waals surface area contributed by atoms with Gasteiger partial charge < -0.3 is 14.8 Å². The van der Waals surface area contributed by atoms with Crippen molar-refractivity contribution in [3.8, 4) is 11.6 Å². The lowest BCUT2D eigenvalue weighted by molar-refractivity contribution is 0.102. The van der Waals surface area contributed by atoms with E-state index in [0.717, 1.165) is 15.8 Å². The lowest BCUT2D eigenvalue weighted by Crippen LogP contribution is -2.14. The van der Waals surface area contributed by atoms with Gasteiger partial charge in [-0.25, -0.2) is 9.97 Å². The maximum absolute atomic E-state index is 12.9.